The monoisotopic (exact) mass is 441 g/mol. The van der Waals surface area contributed by atoms with Gasteiger partial charge in [-0.15, -0.1) is 0 Å². The third kappa shape index (κ3) is 6.02. The Hall–Kier alpha value is -2.57. The van der Waals surface area contributed by atoms with E-state index in [2.05, 4.69) is 10.6 Å². The van der Waals surface area contributed by atoms with Gasteiger partial charge in [0.1, 0.15) is 5.75 Å². The van der Waals surface area contributed by atoms with E-state index in [1.54, 1.807) is 0 Å². The van der Waals surface area contributed by atoms with Crippen LogP contribution >= 0.6 is 0 Å². The van der Waals surface area contributed by atoms with Gasteiger partial charge in [-0.05, 0) is 62.3 Å². The lowest BCUT2D eigenvalue weighted by atomic mass is 9.93. The van der Waals surface area contributed by atoms with Crippen LogP contribution in [0.5, 0.6) is 5.75 Å². The molecule has 7 heteroatoms. The maximum atomic E-state index is 12.7. The minimum Gasteiger partial charge on any atom is -0.494 e. The number of rotatable bonds is 7. The number of amides is 3. The molecular formula is C25H35N3O4. The summed E-state index contributed by atoms with van der Waals surface area (Å²) in [5.41, 5.74) is 1.94. The van der Waals surface area contributed by atoms with Gasteiger partial charge in [0.2, 0.25) is 17.7 Å². The normalized spacial score (nSPS) is 21.4. The van der Waals surface area contributed by atoms with Crippen molar-refractivity contribution >= 4 is 23.4 Å². The zero-order valence-corrected chi connectivity index (χ0v) is 18.9. The van der Waals surface area contributed by atoms with Gasteiger partial charge in [-0.1, -0.05) is 19.3 Å². The molecule has 0 radical (unpaired) electrons. The summed E-state index contributed by atoms with van der Waals surface area (Å²) >= 11 is 0. The second-order valence-corrected chi connectivity index (χ2v) is 9.34. The highest BCUT2D eigenvalue weighted by Crippen LogP contribution is 2.27. The molecule has 2 aliphatic heterocycles. The topological polar surface area (TPSA) is 87.7 Å². The van der Waals surface area contributed by atoms with E-state index < -0.39 is 0 Å². The van der Waals surface area contributed by atoms with Crippen LogP contribution < -0.4 is 15.4 Å². The van der Waals surface area contributed by atoms with Gasteiger partial charge < -0.3 is 20.3 Å². The van der Waals surface area contributed by atoms with E-state index in [9.17, 15) is 14.4 Å². The quantitative estimate of drug-likeness (QED) is 0.635. The summed E-state index contributed by atoms with van der Waals surface area (Å²) in [7, 11) is 0. The van der Waals surface area contributed by atoms with E-state index in [1.807, 2.05) is 23.1 Å². The van der Waals surface area contributed by atoms with Crippen molar-refractivity contribution in [3.63, 3.8) is 0 Å². The highest BCUT2D eigenvalue weighted by atomic mass is 16.5. The van der Waals surface area contributed by atoms with Crippen molar-refractivity contribution < 1.29 is 19.1 Å². The first-order valence-electron chi connectivity index (χ1n) is 12.2. The van der Waals surface area contributed by atoms with Crippen LogP contribution in [0.1, 0.15) is 69.8 Å². The van der Waals surface area contributed by atoms with Gasteiger partial charge in [0.15, 0.2) is 0 Å². The van der Waals surface area contributed by atoms with Crippen molar-refractivity contribution in [2.45, 2.75) is 76.7 Å². The van der Waals surface area contributed by atoms with Crippen LogP contribution in [0.25, 0.3) is 0 Å². The summed E-state index contributed by atoms with van der Waals surface area (Å²) in [6.07, 6.45) is 9.88. The van der Waals surface area contributed by atoms with Crippen molar-refractivity contribution in [3.8, 4) is 5.75 Å². The number of nitrogens with one attached hydrogen (secondary N) is 2. The second kappa shape index (κ2) is 10.8. The van der Waals surface area contributed by atoms with E-state index >= 15 is 0 Å². The first-order valence-corrected chi connectivity index (χ1v) is 12.2. The van der Waals surface area contributed by atoms with Gasteiger partial charge in [0.25, 0.3) is 0 Å². The van der Waals surface area contributed by atoms with Gasteiger partial charge in [0, 0.05) is 37.7 Å². The van der Waals surface area contributed by atoms with Gasteiger partial charge in [0.05, 0.1) is 12.5 Å². The molecule has 1 unspecified atom stereocenters. The number of aryl methyl sites for hydroxylation is 1. The molecule has 7 nitrogen and oxygen atoms in total. The molecule has 2 fully saturated rings. The molecule has 174 valence electrons. The molecule has 1 saturated carbocycles. The standard InChI is InChI=1S/C25H35N3O4/c29-23-13-10-18-16-21(11-12-22(18)27-23)32-15-5-9-24(30)28-14-4-6-19(17-28)25(31)26-20-7-2-1-3-8-20/h11-12,16,19-20H,1-10,13-15,17H2,(H,26,31)(H,27,29). The highest BCUT2D eigenvalue weighted by molar-refractivity contribution is 5.94. The first kappa shape index (κ1) is 22.6. The number of fused-ring (bicyclic) bond motifs is 1. The number of likely N-dealkylation sites (tertiary alicyclic amines) is 1. The Morgan fingerprint density at radius 3 is 2.78 bits per heavy atom. The highest BCUT2D eigenvalue weighted by Gasteiger charge is 2.29. The predicted octanol–water partition coefficient (Wildman–Crippen LogP) is 3.42. The molecule has 1 saturated heterocycles. The molecule has 0 aromatic heterocycles. The van der Waals surface area contributed by atoms with Gasteiger partial charge in [-0.25, -0.2) is 0 Å². The molecule has 1 aromatic carbocycles. The third-order valence-corrected chi connectivity index (χ3v) is 6.87. The molecule has 32 heavy (non-hydrogen) atoms. The number of carbonyl (C=O) groups is 3. The van der Waals surface area contributed by atoms with Crippen LogP contribution in [0.3, 0.4) is 0 Å². The Balaban J connectivity index is 1.18. The molecule has 3 aliphatic rings. The largest absolute Gasteiger partial charge is 0.494 e. The Kier molecular flexibility index (Phi) is 7.66. The van der Waals surface area contributed by atoms with E-state index in [-0.39, 0.29) is 23.6 Å². The average molecular weight is 442 g/mol. The number of nitrogens with zero attached hydrogens (tertiary/aromatic N) is 1. The molecule has 1 aromatic rings. The number of anilines is 1. The maximum absolute atomic E-state index is 12.7. The Morgan fingerprint density at radius 1 is 1.09 bits per heavy atom. The number of carbonyl (C=O) groups excluding carboxylic acids is 3. The minimum absolute atomic E-state index is 0.0519. The number of hydrogen-bond acceptors (Lipinski definition) is 4. The summed E-state index contributed by atoms with van der Waals surface area (Å²) in [6.45, 7) is 1.74. The van der Waals surface area contributed by atoms with Crippen LogP contribution in [-0.4, -0.2) is 48.4 Å². The number of ether oxygens (including phenoxy) is 1. The van der Waals surface area contributed by atoms with E-state index in [1.165, 1.54) is 19.3 Å². The zero-order valence-electron chi connectivity index (χ0n) is 18.9. The molecule has 2 heterocycles. The Morgan fingerprint density at radius 2 is 1.94 bits per heavy atom. The van der Waals surface area contributed by atoms with Crippen LogP contribution in [0.4, 0.5) is 5.69 Å². The molecule has 4 rings (SSSR count). The van der Waals surface area contributed by atoms with E-state index in [0.717, 1.165) is 55.6 Å². The smallest absolute Gasteiger partial charge is 0.225 e. The van der Waals surface area contributed by atoms with E-state index in [0.29, 0.717) is 38.5 Å². The maximum Gasteiger partial charge on any atom is 0.225 e. The van der Waals surface area contributed by atoms with Gasteiger partial charge in [-0.2, -0.15) is 0 Å². The lowest BCUT2D eigenvalue weighted by molar-refractivity contribution is -0.136. The van der Waals surface area contributed by atoms with Crippen LogP contribution in [0, 0.1) is 5.92 Å². The molecule has 1 atom stereocenters. The number of benzene rings is 1. The average Bonchev–Trinajstić information content (AvgIpc) is 2.82. The van der Waals surface area contributed by atoms with Crippen molar-refractivity contribution in [1.29, 1.82) is 0 Å². The Bertz CT molecular complexity index is 834. The fourth-order valence-corrected chi connectivity index (χ4v) is 5.00. The second-order valence-electron chi connectivity index (χ2n) is 9.34. The van der Waals surface area contributed by atoms with Crippen molar-refractivity contribution in [2.75, 3.05) is 25.0 Å². The summed E-state index contributed by atoms with van der Waals surface area (Å²) in [5.74, 6) is 0.973. The van der Waals surface area contributed by atoms with Crippen LogP contribution in [-0.2, 0) is 20.8 Å². The lowest BCUT2D eigenvalue weighted by Crippen LogP contribution is -2.47. The van der Waals surface area contributed by atoms with E-state index in [4.69, 9.17) is 4.74 Å². The lowest BCUT2D eigenvalue weighted by Gasteiger charge is -2.33. The van der Waals surface area contributed by atoms with Crippen LogP contribution in [0.15, 0.2) is 18.2 Å². The van der Waals surface area contributed by atoms with Crippen molar-refractivity contribution in [2.24, 2.45) is 5.92 Å². The molecular weight excluding hydrogens is 406 g/mol. The number of hydrogen-bond donors (Lipinski definition) is 2. The minimum atomic E-state index is -0.0816. The number of piperidine rings is 1. The molecule has 0 spiro atoms. The fourth-order valence-electron chi connectivity index (χ4n) is 5.00. The molecule has 0 bridgehead atoms. The van der Waals surface area contributed by atoms with Crippen LogP contribution in [0.2, 0.25) is 0 Å². The SMILES string of the molecule is O=C1CCc2cc(OCCCC(=O)N3CCCC(C(=O)NC4CCCCC4)C3)ccc2N1. The molecule has 3 amide bonds. The predicted molar refractivity (Wildman–Crippen MR) is 122 cm³/mol. The Labute approximate surface area is 190 Å². The molecule has 2 N–H and O–H groups in total. The summed E-state index contributed by atoms with van der Waals surface area (Å²) < 4.78 is 5.83. The first-order chi connectivity index (χ1) is 15.6. The summed E-state index contributed by atoms with van der Waals surface area (Å²) in [6, 6.07) is 6.02. The van der Waals surface area contributed by atoms with Crippen molar-refractivity contribution in [1.82, 2.24) is 10.2 Å². The zero-order chi connectivity index (χ0) is 22.3. The molecule has 1 aliphatic carbocycles. The third-order valence-electron chi connectivity index (χ3n) is 6.87. The fraction of sp³-hybridized carbons (Fsp3) is 0.640. The van der Waals surface area contributed by atoms with Gasteiger partial charge >= 0.3 is 0 Å². The summed E-state index contributed by atoms with van der Waals surface area (Å²) in [5, 5.41) is 6.09. The van der Waals surface area contributed by atoms with Gasteiger partial charge in [-0.3, -0.25) is 14.4 Å². The van der Waals surface area contributed by atoms with Crippen molar-refractivity contribution in [3.05, 3.63) is 23.8 Å². The summed E-state index contributed by atoms with van der Waals surface area (Å²) in [4.78, 5) is 38.7.